The van der Waals surface area contributed by atoms with Gasteiger partial charge < -0.3 is 4.74 Å². The van der Waals surface area contributed by atoms with Gasteiger partial charge in [-0.05, 0) is 12.1 Å². The standard InChI is InChI=1S/C10H12BrNO4S/c1-16-7-3-4-8(10(13)6-11)9(5-7)12-17(2,14)15/h3-5,12H,6H2,1-2H3. The molecule has 0 fully saturated rings. The van der Waals surface area contributed by atoms with Crippen LogP contribution in [0.15, 0.2) is 18.2 Å². The minimum atomic E-state index is -3.44. The molecule has 0 aromatic heterocycles. The van der Waals surface area contributed by atoms with Crippen molar-refractivity contribution in [2.24, 2.45) is 0 Å². The van der Waals surface area contributed by atoms with Crippen molar-refractivity contribution in [1.82, 2.24) is 0 Å². The van der Waals surface area contributed by atoms with Gasteiger partial charge in [-0.1, -0.05) is 15.9 Å². The van der Waals surface area contributed by atoms with Crippen LogP contribution in [0.2, 0.25) is 0 Å². The average Bonchev–Trinajstić information content (AvgIpc) is 2.25. The van der Waals surface area contributed by atoms with Gasteiger partial charge in [0.1, 0.15) is 5.75 Å². The number of nitrogens with one attached hydrogen (secondary N) is 1. The molecule has 7 heteroatoms. The van der Waals surface area contributed by atoms with Crippen LogP contribution >= 0.6 is 15.9 Å². The van der Waals surface area contributed by atoms with Crippen LogP contribution in [0.3, 0.4) is 0 Å². The van der Waals surface area contributed by atoms with E-state index in [-0.39, 0.29) is 16.8 Å². The maximum Gasteiger partial charge on any atom is 0.229 e. The summed E-state index contributed by atoms with van der Waals surface area (Å²) in [5, 5.41) is 0.123. The maximum atomic E-state index is 11.6. The number of carbonyl (C=O) groups excluding carboxylic acids is 1. The summed E-state index contributed by atoms with van der Waals surface area (Å²) < 4.78 is 29.6. The third kappa shape index (κ3) is 4.01. The number of ether oxygens (including phenoxy) is 1. The van der Waals surface area contributed by atoms with Crippen molar-refractivity contribution in [3.05, 3.63) is 23.8 Å². The quantitative estimate of drug-likeness (QED) is 0.661. The smallest absolute Gasteiger partial charge is 0.229 e. The van der Waals surface area contributed by atoms with Crippen molar-refractivity contribution in [3.63, 3.8) is 0 Å². The van der Waals surface area contributed by atoms with Crippen molar-refractivity contribution in [1.29, 1.82) is 0 Å². The summed E-state index contributed by atoms with van der Waals surface area (Å²) in [6, 6.07) is 4.59. The van der Waals surface area contributed by atoms with Crippen LogP contribution in [0.4, 0.5) is 5.69 Å². The zero-order valence-electron chi connectivity index (χ0n) is 9.36. The molecule has 0 aliphatic carbocycles. The fourth-order valence-corrected chi connectivity index (χ4v) is 2.12. The van der Waals surface area contributed by atoms with Gasteiger partial charge in [0.25, 0.3) is 0 Å². The van der Waals surface area contributed by atoms with Crippen LogP contribution < -0.4 is 9.46 Å². The molecule has 0 heterocycles. The normalized spacial score (nSPS) is 11.0. The molecule has 1 aromatic carbocycles. The average molecular weight is 322 g/mol. The first-order chi connectivity index (χ1) is 7.87. The molecule has 0 bridgehead atoms. The third-order valence-electron chi connectivity index (χ3n) is 1.94. The first-order valence-corrected chi connectivity index (χ1v) is 7.63. The molecule has 1 rings (SSSR count). The maximum absolute atomic E-state index is 11.6. The van der Waals surface area contributed by atoms with Crippen LogP contribution in [0, 0.1) is 0 Å². The van der Waals surface area contributed by atoms with Gasteiger partial charge in [-0.25, -0.2) is 8.42 Å². The lowest BCUT2D eigenvalue weighted by Crippen LogP contribution is -2.14. The number of halogens is 1. The summed E-state index contributed by atoms with van der Waals surface area (Å²) >= 11 is 3.04. The summed E-state index contributed by atoms with van der Waals surface area (Å²) in [6.07, 6.45) is 1.02. The van der Waals surface area contributed by atoms with E-state index in [1.165, 1.54) is 19.2 Å². The number of carbonyl (C=O) groups is 1. The summed E-state index contributed by atoms with van der Waals surface area (Å²) in [6.45, 7) is 0. The van der Waals surface area contributed by atoms with Gasteiger partial charge in [-0.2, -0.15) is 0 Å². The van der Waals surface area contributed by atoms with E-state index in [1.807, 2.05) is 0 Å². The highest BCUT2D eigenvalue weighted by atomic mass is 79.9. The van der Waals surface area contributed by atoms with E-state index in [2.05, 4.69) is 20.7 Å². The number of anilines is 1. The Balaban J connectivity index is 3.25. The molecule has 0 atom stereocenters. The lowest BCUT2D eigenvalue weighted by atomic mass is 10.1. The van der Waals surface area contributed by atoms with Crippen LogP contribution in [-0.2, 0) is 10.0 Å². The van der Waals surface area contributed by atoms with E-state index in [0.717, 1.165) is 6.26 Å². The van der Waals surface area contributed by atoms with Gasteiger partial charge in [-0.3, -0.25) is 9.52 Å². The summed E-state index contributed by atoms with van der Waals surface area (Å²) in [5.74, 6) is 0.265. The molecule has 0 amide bonds. The SMILES string of the molecule is COc1ccc(C(=O)CBr)c(NS(C)(=O)=O)c1. The number of hydrogen-bond acceptors (Lipinski definition) is 4. The minimum Gasteiger partial charge on any atom is -0.497 e. The molecule has 17 heavy (non-hydrogen) atoms. The summed E-state index contributed by atoms with van der Waals surface area (Å²) in [4.78, 5) is 11.6. The predicted molar refractivity (Wildman–Crippen MR) is 69.6 cm³/mol. The van der Waals surface area contributed by atoms with E-state index in [0.29, 0.717) is 11.3 Å². The van der Waals surface area contributed by atoms with Crippen LogP contribution in [-0.4, -0.2) is 32.9 Å². The summed E-state index contributed by atoms with van der Waals surface area (Å²) in [7, 11) is -1.98. The summed E-state index contributed by atoms with van der Waals surface area (Å²) in [5.41, 5.74) is 0.518. The van der Waals surface area contributed by atoms with Crippen molar-refractivity contribution in [2.75, 3.05) is 23.4 Å². The molecule has 0 aliphatic heterocycles. The Kier molecular flexibility index (Phi) is 4.53. The van der Waals surface area contributed by atoms with Gasteiger partial charge in [0.2, 0.25) is 10.0 Å². The first-order valence-electron chi connectivity index (χ1n) is 4.62. The second kappa shape index (κ2) is 5.50. The molecule has 0 spiro atoms. The number of Topliss-reactive ketones (excluding diaryl/α,β-unsaturated/α-hetero) is 1. The van der Waals surface area contributed by atoms with E-state index < -0.39 is 10.0 Å². The highest BCUT2D eigenvalue weighted by molar-refractivity contribution is 9.09. The molecule has 0 aliphatic rings. The third-order valence-corrected chi connectivity index (χ3v) is 3.04. The zero-order valence-corrected chi connectivity index (χ0v) is 11.8. The lowest BCUT2D eigenvalue weighted by Gasteiger charge is -2.10. The molecular weight excluding hydrogens is 310 g/mol. The van der Waals surface area contributed by atoms with Gasteiger partial charge in [0.05, 0.1) is 24.4 Å². The number of hydrogen-bond donors (Lipinski definition) is 1. The van der Waals surface area contributed by atoms with Crippen LogP contribution in [0.25, 0.3) is 0 Å². The predicted octanol–water partition coefficient (Wildman–Crippen LogP) is 1.64. The number of ketones is 1. The second-order valence-electron chi connectivity index (χ2n) is 3.34. The molecule has 1 aromatic rings. The van der Waals surface area contributed by atoms with Crippen molar-refractivity contribution in [2.45, 2.75) is 0 Å². The van der Waals surface area contributed by atoms with E-state index in [9.17, 15) is 13.2 Å². The number of sulfonamides is 1. The van der Waals surface area contributed by atoms with E-state index >= 15 is 0 Å². The largest absolute Gasteiger partial charge is 0.497 e. The Labute approximate surface area is 108 Å². The van der Waals surface area contributed by atoms with E-state index in [4.69, 9.17) is 4.74 Å². The zero-order chi connectivity index (χ0) is 13.1. The number of alkyl halides is 1. The molecule has 0 unspecified atom stereocenters. The number of benzene rings is 1. The minimum absolute atomic E-state index is 0.123. The van der Waals surface area contributed by atoms with Gasteiger partial charge in [0, 0.05) is 11.6 Å². The first kappa shape index (κ1) is 14.0. The highest BCUT2D eigenvalue weighted by Crippen LogP contribution is 2.24. The number of methoxy groups -OCH3 is 1. The Morgan fingerprint density at radius 3 is 2.59 bits per heavy atom. The molecule has 0 radical (unpaired) electrons. The molecule has 0 saturated heterocycles. The van der Waals surface area contributed by atoms with Gasteiger partial charge in [0.15, 0.2) is 5.78 Å². The molecule has 0 saturated carbocycles. The van der Waals surface area contributed by atoms with Crippen molar-refractivity contribution < 1.29 is 17.9 Å². The monoisotopic (exact) mass is 321 g/mol. The Hall–Kier alpha value is -1.08. The van der Waals surface area contributed by atoms with E-state index in [1.54, 1.807) is 6.07 Å². The topological polar surface area (TPSA) is 72.5 Å². The van der Waals surface area contributed by atoms with Gasteiger partial charge in [-0.15, -0.1) is 0 Å². The van der Waals surface area contributed by atoms with Crippen LogP contribution in [0.1, 0.15) is 10.4 Å². The fraction of sp³-hybridized carbons (Fsp3) is 0.300. The molecular formula is C10H12BrNO4S. The Morgan fingerprint density at radius 1 is 1.47 bits per heavy atom. The van der Waals surface area contributed by atoms with Crippen molar-refractivity contribution >= 4 is 37.4 Å². The van der Waals surface area contributed by atoms with Crippen molar-refractivity contribution in [3.8, 4) is 5.75 Å². The lowest BCUT2D eigenvalue weighted by molar-refractivity contribution is 0.102. The fourth-order valence-electron chi connectivity index (χ4n) is 1.25. The van der Waals surface area contributed by atoms with Crippen LogP contribution in [0.5, 0.6) is 5.75 Å². The Bertz CT molecular complexity index is 527. The molecule has 1 N–H and O–H groups in total. The second-order valence-corrected chi connectivity index (χ2v) is 5.65. The Morgan fingerprint density at radius 2 is 2.12 bits per heavy atom. The number of rotatable bonds is 5. The molecule has 5 nitrogen and oxygen atoms in total. The highest BCUT2D eigenvalue weighted by Gasteiger charge is 2.14. The molecule has 94 valence electrons. The van der Waals surface area contributed by atoms with Gasteiger partial charge >= 0.3 is 0 Å².